The van der Waals surface area contributed by atoms with Gasteiger partial charge in [-0.05, 0) is 25.7 Å². The van der Waals surface area contributed by atoms with Crippen LogP contribution in [-0.4, -0.2) is 63.1 Å². The molecule has 0 radical (unpaired) electrons. The van der Waals surface area contributed by atoms with Crippen LogP contribution in [0.5, 0.6) is 0 Å². The first-order chi connectivity index (χ1) is 8.65. The summed E-state index contributed by atoms with van der Waals surface area (Å²) in [4.78, 5) is 27.4. The van der Waals surface area contributed by atoms with Gasteiger partial charge in [0.05, 0.1) is 17.7 Å². The Kier molecular flexibility index (Phi) is 3.23. The van der Waals surface area contributed by atoms with Gasteiger partial charge in [-0.15, -0.1) is 11.8 Å². The first-order valence-electron chi connectivity index (χ1n) is 6.50. The Balaban J connectivity index is 1.64. The van der Waals surface area contributed by atoms with E-state index in [4.69, 9.17) is 0 Å². The molecule has 2 bridgehead atoms. The quantitative estimate of drug-likeness (QED) is 0.769. The van der Waals surface area contributed by atoms with Crippen LogP contribution >= 0.6 is 11.8 Å². The highest BCUT2D eigenvalue weighted by atomic mass is 32.2. The van der Waals surface area contributed by atoms with Gasteiger partial charge >= 0.3 is 0 Å². The smallest absolute Gasteiger partial charge is 0.242 e. The summed E-state index contributed by atoms with van der Waals surface area (Å²) in [5.74, 6) is 1.26. The molecule has 2 unspecified atom stereocenters. The number of nitrogens with zero attached hydrogens (tertiary/aromatic N) is 2. The van der Waals surface area contributed by atoms with E-state index in [0.29, 0.717) is 24.5 Å². The Labute approximate surface area is 110 Å². The molecule has 0 aliphatic carbocycles. The highest BCUT2D eigenvalue weighted by Gasteiger charge is 2.43. The Morgan fingerprint density at radius 1 is 1.33 bits per heavy atom. The van der Waals surface area contributed by atoms with E-state index in [1.807, 2.05) is 4.90 Å². The normalized spacial score (nSPS) is 35.4. The molecule has 3 saturated heterocycles. The Morgan fingerprint density at radius 2 is 2.00 bits per heavy atom. The summed E-state index contributed by atoms with van der Waals surface area (Å²) in [7, 11) is 0. The van der Waals surface area contributed by atoms with E-state index in [1.54, 1.807) is 16.7 Å². The number of fused-ring (bicyclic) bond motifs is 2. The molecule has 0 aromatic rings. The fourth-order valence-corrected chi connectivity index (χ4v) is 4.24. The SMILES string of the molecule is O=C1CSCN1CC(=O)N1C2CCC1CC(O)C2. The lowest BCUT2D eigenvalue weighted by Gasteiger charge is -2.37. The largest absolute Gasteiger partial charge is 0.393 e. The number of amides is 2. The average molecular weight is 270 g/mol. The van der Waals surface area contributed by atoms with Crippen molar-refractivity contribution in [2.24, 2.45) is 0 Å². The van der Waals surface area contributed by atoms with E-state index < -0.39 is 0 Å². The predicted molar refractivity (Wildman–Crippen MR) is 67.9 cm³/mol. The zero-order chi connectivity index (χ0) is 12.7. The number of hydrogen-bond acceptors (Lipinski definition) is 4. The minimum absolute atomic E-state index is 0.0604. The van der Waals surface area contributed by atoms with Crippen LogP contribution in [0.25, 0.3) is 0 Å². The number of hydrogen-bond donors (Lipinski definition) is 1. The van der Waals surface area contributed by atoms with Gasteiger partial charge in [0.15, 0.2) is 0 Å². The van der Waals surface area contributed by atoms with E-state index in [0.717, 1.165) is 12.8 Å². The van der Waals surface area contributed by atoms with Crippen molar-refractivity contribution in [2.45, 2.75) is 43.9 Å². The van der Waals surface area contributed by atoms with Crippen molar-refractivity contribution in [1.29, 1.82) is 0 Å². The summed E-state index contributed by atoms with van der Waals surface area (Å²) in [6, 6.07) is 0.383. The van der Waals surface area contributed by atoms with Gasteiger partial charge in [0.2, 0.25) is 11.8 Å². The van der Waals surface area contributed by atoms with Crippen LogP contribution in [0.15, 0.2) is 0 Å². The fourth-order valence-electron chi connectivity index (χ4n) is 3.34. The predicted octanol–water partition coefficient (Wildman–Crippen LogP) is 0.0336. The lowest BCUT2D eigenvalue weighted by molar-refractivity contribution is -0.142. The first-order valence-corrected chi connectivity index (χ1v) is 7.65. The molecule has 18 heavy (non-hydrogen) atoms. The molecule has 3 rings (SSSR count). The van der Waals surface area contributed by atoms with Crippen LogP contribution in [0, 0.1) is 0 Å². The number of aliphatic hydroxyl groups is 1. The second-order valence-corrected chi connectivity index (χ2v) is 6.34. The molecule has 2 atom stereocenters. The summed E-state index contributed by atoms with van der Waals surface area (Å²) < 4.78 is 0. The third kappa shape index (κ3) is 2.12. The molecule has 3 aliphatic rings. The number of rotatable bonds is 2. The molecule has 0 aromatic heterocycles. The highest BCUT2D eigenvalue weighted by molar-refractivity contribution is 8.00. The Bertz CT molecular complexity index is 362. The van der Waals surface area contributed by atoms with Crippen molar-refractivity contribution in [3.05, 3.63) is 0 Å². The topological polar surface area (TPSA) is 60.9 Å². The van der Waals surface area contributed by atoms with Crippen molar-refractivity contribution in [2.75, 3.05) is 18.2 Å². The second kappa shape index (κ2) is 4.74. The standard InChI is InChI=1S/C12H18N2O3S/c15-10-3-8-1-2-9(4-10)14(8)11(16)5-13-7-18-6-12(13)17/h8-10,15H,1-7H2. The van der Waals surface area contributed by atoms with E-state index in [9.17, 15) is 14.7 Å². The summed E-state index contributed by atoms with van der Waals surface area (Å²) >= 11 is 1.56. The number of carbonyl (C=O) groups excluding carboxylic acids is 2. The molecular formula is C12H18N2O3S. The third-order valence-corrected chi connectivity index (χ3v) is 5.09. The van der Waals surface area contributed by atoms with Gasteiger partial charge in [0.25, 0.3) is 0 Å². The van der Waals surface area contributed by atoms with Crippen LogP contribution in [0.4, 0.5) is 0 Å². The minimum Gasteiger partial charge on any atom is -0.393 e. The van der Waals surface area contributed by atoms with Crippen LogP contribution < -0.4 is 0 Å². The van der Waals surface area contributed by atoms with Crippen molar-refractivity contribution in [3.8, 4) is 0 Å². The Morgan fingerprint density at radius 3 is 2.56 bits per heavy atom. The van der Waals surface area contributed by atoms with Crippen molar-refractivity contribution >= 4 is 23.6 Å². The zero-order valence-electron chi connectivity index (χ0n) is 10.2. The third-order valence-electron chi connectivity index (χ3n) is 4.15. The monoisotopic (exact) mass is 270 g/mol. The van der Waals surface area contributed by atoms with Gasteiger partial charge in [0.1, 0.15) is 6.54 Å². The van der Waals surface area contributed by atoms with Gasteiger partial charge in [0, 0.05) is 12.1 Å². The molecule has 3 aliphatic heterocycles. The lowest BCUT2D eigenvalue weighted by atomic mass is 10.00. The average Bonchev–Trinajstić information content (AvgIpc) is 2.82. The number of carbonyl (C=O) groups is 2. The maximum Gasteiger partial charge on any atom is 0.242 e. The zero-order valence-corrected chi connectivity index (χ0v) is 11.1. The van der Waals surface area contributed by atoms with Crippen LogP contribution in [-0.2, 0) is 9.59 Å². The van der Waals surface area contributed by atoms with Gasteiger partial charge in [-0.25, -0.2) is 0 Å². The molecule has 6 heteroatoms. The van der Waals surface area contributed by atoms with Gasteiger partial charge in [-0.2, -0.15) is 0 Å². The van der Waals surface area contributed by atoms with E-state index >= 15 is 0 Å². The van der Waals surface area contributed by atoms with E-state index in [1.165, 1.54) is 0 Å². The molecule has 5 nitrogen and oxygen atoms in total. The van der Waals surface area contributed by atoms with Crippen molar-refractivity contribution < 1.29 is 14.7 Å². The molecule has 0 spiro atoms. The summed E-state index contributed by atoms with van der Waals surface area (Å²) in [6.45, 7) is 0.217. The Hall–Kier alpha value is -0.750. The van der Waals surface area contributed by atoms with Crippen molar-refractivity contribution in [3.63, 3.8) is 0 Å². The lowest BCUT2D eigenvalue weighted by Crippen LogP contribution is -2.51. The van der Waals surface area contributed by atoms with E-state index in [2.05, 4.69) is 0 Å². The molecule has 100 valence electrons. The van der Waals surface area contributed by atoms with Crippen LogP contribution in [0.2, 0.25) is 0 Å². The van der Waals surface area contributed by atoms with Gasteiger partial charge < -0.3 is 14.9 Å². The number of thioether (sulfide) groups is 1. The van der Waals surface area contributed by atoms with Crippen LogP contribution in [0.3, 0.4) is 0 Å². The maximum absolute atomic E-state index is 12.3. The van der Waals surface area contributed by atoms with Gasteiger partial charge in [-0.1, -0.05) is 0 Å². The van der Waals surface area contributed by atoms with Crippen LogP contribution in [0.1, 0.15) is 25.7 Å². The second-order valence-electron chi connectivity index (χ2n) is 5.38. The molecule has 0 aromatic carbocycles. The van der Waals surface area contributed by atoms with Gasteiger partial charge in [-0.3, -0.25) is 9.59 Å². The first kappa shape index (κ1) is 12.3. The minimum atomic E-state index is -0.254. The summed E-state index contributed by atoms with van der Waals surface area (Å²) in [6.07, 6.45) is 3.14. The highest BCUT2D eigenvalue weighted by Crippen LogP contribution is 2.35. The summed E-state index contributed by atoms with van der Waals surface area (Å²) in [5.41, 5.74) is 0. The van der Waals surface area contributed by atoms with Crippen molar-refractivity contribution in [1.82, 2.24) is 9.80 Å². The molecule has 1 N–H and O–H groups in total. The van der Waals surface area contributed by atoms with E-state index in [-0.39, 0.29) is 36.5 Å². The molecule has 3 fully saturated rings. The number of piperidine rings is 1. The summed E-state index contributed by atoms with van der Waals surface area (Å²) in [5, 5.41) is 9.71. The molecule has 0 saturated carbocycles. The maximum atomic E-state index is 12.3. The molecule has 2 amide bonds. The molecular weight excluding hydrogens is 252 g/mol. The molecule has 3 heterocycles. The number of aliphatic hydroxyl groups excluding tert-OH is 1. The fraction of sp³-hybridized carbons (Fsp3) is 0.833.